The maximum atomic E-state index is 12.0. The van der Waals surface area contributed by atoms with Gasteiger partial charge in [-0.1, -0.05) is 24.3 Å². The zero-order chi connectivity index (χ0) is 17.5. The zero-order valence-electron chi connectivity index (χ0n) is 13.9. The number of ether oxygens (including phenoxy) is 1. The summed E-state index contributed by atoms with van der Waals surface area (Å²) in [5.74, 6) is 0.542. The Kier molecular flexibility index (Phi) is 6.66. The lowest BCUT2D eigenvalue weighted by atomic mass is 10.1. The van der Waals surface area contributed by atoms with Gasteiger partial charge in [0.05, 0.1) is 13.2 Å². The maximum absolute atomic E-state index is 12.0. The molecule has 1 aromatic carbocycles. The molecule has 3 rings (SSSR count). The molecule has 0 atom stereocenters. The number of halogens is 1. The Bertz CT molecular complexity index is 736. The second kappa shape index (κ2) is 9.17. The fraction of sp³-hybridized carbons (Fsp3) is 0.316. The summed E-state index contributed by atoms with van der Waals surface area (Å²) in [4.78, 5) is 14.4. The lowest BCUT2D eigenvalue weighted by Crippen LogP contribution is -2.36. The van der Waals surface area contributed by atoms with Crippen LogP contribution in [0.1, 0.15) is 16.9 Å². The van der Waals surface area contributed by atoms with Gasteiger partial charge in [-0.25, -0.2) is 0 Å². The zero-order valence-corrected chi connectivity index (χ0v) is 16.1. The highest BCUT2D eigenvalue weighted by atomic mass is 127. The lowest BCUT2D eigenvalue weighted by molar-refractivity contribution is -0.116. The molecular weight excluding hydrogens is 431 g/mol. The van der Waals surface area contributed by atoms with E-state index in [0.717, 1.165) is 42.2 Å². The van der Waals surface area contributed by atoms with Crippen molar-refractivity contribution in [3.8, 4) is 0 Å². The van der Waals surface area contributed by atoms with Crippen LogP contribution in [-0.2, 0) is 22.6 Å². The largest absolute Gasteiger partial charge is 0.451 e. The van der Waals surface area contributed by atoms with Crippen LogP contribution in [0.25, 0.3) is 6.08 Å². The van der Waals surface area contributed by atoms with E-state index in [4.69, 9.17) is 9.15 Å². The molecule has 1 fully saturated rings. The molecule has 1 aliphatic rings. The molecule has 0 aliphatic carbocycles. The van der Waals surface area contributed by atoms with Crippen LogP contribution in [0.4, 0.5) is 0 Å². The van der Waals surface area contributed by atoms with E-state index >= 15 is 0 Å². The third-order valence-corrected chi connectivity index (χ3v) is 4.64. The monoisotopic (exact) mass is 452 g/mol. The molecule has 0 bridgehead atoms. The van der Waals surface area contributed by atoms with Crippen LogP contribution in [0.3, 0.4) is 0 Å². The van der Waals surface area contributed by atoms with E-state index in [0.29, 0.717) is 12.3 Å². The minimum Gasteiger partial charge on any atom is -0.451 e. The van der Waals surface area contributed by atoms with Crippen LogP contribution < -0.4 is 5.32 Å². The van der Waals surface area contributed by atoms with E-state index in [-0.39, 0.29) is 5.91 Å². The molecule has 0 saturated carbocycles. The number of hydrogen-bond donors (Lipinski definition) is 1. The molecule has 1 aromatic heterocycles. The maximum Gasteiger partial charge on any atom is 0.244 e. The first-order chi connectivity index (χ1) is 12.2. The highest BCUT2D eigenvalue weighted by Gasteiger charge is 2.12. The molecule has 0 radical (unpaired) electrons. The first kappa shape index (κ1) is 18.2. The van der Waals surface area contributed by atoms with Gasteiger partial charge in [-0.05, 0) is 51.9 Å². The normalized spacial score (nSPS) is 15.6. The van der Waals surface area contributed by atoms with Gasteiger partial charge in [0.2, 0.25) is 5.91 Å². The summed E-state index contributed by atoms with van der Waals surface area (Å²) in [5.41, 5.74) is 2.39. The van der Waals surface area contributed by atoms with Crippen LogP contribution in [0, 0.1) is 3.77 Å². The number of furan rings is 1. The van der Waals surface area contributed by atoms with Gasteiger partial charge in [-0.3, -0.25) is 9.69 Å². The number of carbonyl (C=O) groups is 1. The van der Waals surface area contributed by atoms with Crippen LogP contribution in [-0.4, -0.2) is 37.1 Å². The van der Waals surface area contributed by atoms with Gasteiger partial charge in [-0.15, -0.1) is 0 Å². The average Bonchev–Trinajstić information content (AvgIpc) is 3.05. The molecule has 1 N–H and O–H groups in total. The van der Waals surface area contributed by atoms with Crippen molar-refractivity contribution in [2.45, 2.75) is 13.1 Å². The van der Waals surface area contributed by atoms with Crippen molar-refractivity contribution < 1.29 is 13.9 Å². The topological polar surface area (TPSA) is 54.7 Å². The second-order valence-corrected chi connectivity index (χ2v) is 6.91. The predicted octanol–water partition coefficient (Wildman–Crippen LogP) is 3.05. The van der Waals surface area contributed by atoms with E-state index in [9.17, 15) is 4.79 Å². The lowest BCUT2D eigenvalue weighted by Gasteiger charge is -2.27. The standard InChI is InChI=1S/C19H21IN2O3/c20-18-7-5-17(25-18)6-8-19(23)21-13-15-3-1-2-4-16(15)14-22-9-11-24-12-10-22/h1-8H,9-14H2,(H,21,23)/b8-6+. The minimum absolute atomic E-state index is 0.132. The van der Waals surface area contributed by atoms with Crippen molar-refractivity contribution in [3.63, 3.8) is 0 Å². The Morgan fingerprint density at radius 2 is 1.92 bits per heavy atom. The molecule has 132 valence electrons. The van der Waals surface area contributed by atoms with Gasteiger partial charge < -0.3 is 14.5 Å². The Morgan fingerprint density at radius 1 is 1.16 bits per heavy atom. The van der Waals surface area contributed by atoms with Gasteiger partial charge >= 0.3 is 0 Å². The highest BCUT2D eigenvalue weighted by molar-refractivity contribution is 14.1. The van der Waals surface area contributed by atoms with E-state index in [1.165, 1.54) is 11.6 Å². The van der Waals surface area contributed by atoms with Crippen LogP contribution >= 0.6 is 22.6 Å². The summed E-state index contributed by atoms with van der Waals surface area (Å²) >= 11 is 2.10. The quantitative estimate of drug-likeness (QED) is 0.541. The molecule has 0 spiro atoms. The smallest absolute Gasteiger partial charge is 0.244 e. The van der Waals surface area contributed by atoms with Crippen molar-refractivity contribution in [1.82, 2.24) is 10.2 Å². The Balaban J connectivity index is 1.55. The highest BCUT2D eigenvalue weighted by Crippen LogP contribution is 2.13. The summed E-state index contributed by atoms with van der Waals surface area (Å²) in [5, 5.41) is 2.94. The number of rotatable bonds is 6. The summed E-state index contributed by atoms with van der Waals surface area (Å²) in [6, 6.07) is 11.9. The van der Waals surface area contributed by atoms with Crippen molar-refractivity contribution in [3.05, 3.63) is 63.1 Å². The van der Waals surface area contributed by atoms with Gasteiger partial charge in [0, 0.05) is 32.3 Å². The number of morpholine rings is 1. The van der Waals surface area contributed by atoms with E-state index in [1.807, 2.05) is 24.3 Å². The predicted molar refractivity (Wildman–Crippen MR) is 105 cm³/mol. The summed E-state index contributed by atoms with van der Waals surface area (Å²) in [6.45, 7) is 4.87. The van der Waals surface area contributed by atoms with Gasteiger partial charge in [0.25, 0.3) is 0 Å². The van der Waals surface area contributed by atoms with Crippen LogP contribution in [0.2, 0.25) is 0 Å². The fourth-order valence-electron chi connectivity index (χ4n) is 2.70. The number of carbonyl (C=O) groups excluding carboxylic acids is 1. The number of amides is 1. The van der Waals surface area contributed by atoms with Gasteiger partial charge in [0.1, 0.15) is 5.76 Å². The van der Waals surface area contributed by atoms with Gasteiger partial charge in [-0.2, -0.15) is 0 Å². The molecule has 6 heteroatoms. The molecule has 1 saturated heterocycles. The second-order valence-electron chi connectivity index (χ2n) is 5.85. The molecule has 5 nitrogen and oxygen atoms in total. The van der Waals surface area contributed by atoms with E-state index in [1.54, 1.807) is 6.08 Å². The number of hydrogen-bond acceptors (Lipinski definition) is 4. The fourth-order valence-corrected chi connectivity index (χ4v) is 3.14. The summed E-state index contributed by atoms with van der Waals surface area (Å²) < 4.78 is 11.6. The molecule has 2 heterocycles. The Labute approximate surface area is 161 Å². The third kappa shape index (κ3) is 5.69. The SMILES string of the molecule is O=C(/C=C/c1ccc(I)o1)NCc1ccccc1CN1CCOCC1. The average molecular weight is 452 g/mol. The molecular formula is C19H21IN2O3. The number of benzene rings is 1. The molecule has 2 aromatic rings. The van der Waals surface area contributed by atoms with Crippen LogP contribution in [0.15, 0.2) is 46.9 Å². The summed E-state index contributed by atoms with van der Waals surface area (Å²) in [6.07, 6.45) is 3.18. The minimum atomic E-state index is -0.132. The molecule has 1 amide bonds. The van der Waals surface area contributed by atoms with Crippen molar-refractivity contribution in [2.24, 2.45) is 0 Å². The van der Waals surface area contributed by atoms with Crippen LogP contribution in [0.5, 0.6) is 0 Å². The Hall–Kier alpha value is -1.64. The molecule has 1 aliphatic heterocycles. The number of nitrogens with zero attached hydrogens (tertiary/aromatic N) is 1. The summed E-state index contributed by atoms with van der Waals surface area (Å²) in [7, 11) is 0. The first-order valence-corrected chi connectivity index (χ1v) is 9.37. The molecule has 0 unspecified atom stereocenters. The van der Waals surface area contributed by atoms with E-state index in [2.05, 4.69) is 44.9 Å². The van der Waals surface area contributed by atoms with Gasteiger partial charge in [0.15, 0.2) is 3.77 Å². The van der Waals surface area contributed by atoms with Crippen molar-refractivity contribution >= 4 is 34.6 Å². The molecule has 25 heavy (non-hydrogen) atoms. The number of nitrogens with one attached hydrogen (secondary N) is 1. The first-order valence-electron chi connectivity index (χ1n) is 8.29. The van der Waals surface area contributed by atoms with Crippen molar-refractivity contribution in [1.29, 1.82) is 0 Å². The Morgan fingerprint density at radius 3 is 2.64 bits per heavy atom. The van der Waals surface area contributed by atoms with Crippen molar-refractivity contribution in [2.75, 3.05) is 26.3 Å². The van der Waals surface area contributed by atoms with E-state index < -0.39 is 0 Å². The third-order valence-electron chi connectivity index (χ3n) is 4.06.